The Kier molecular flexibility index (Phi) is 4.74. The predicted octanol–water partition coefficient (Wildman–Crippen LogP) is 7.11. The number of hydrogen-bond donors (Lipinski definition) is 0. The Labute approximate surface area is 178 Å². The van der Waals surface area contributed by atoms with Crippen LogP contribution in [0.15, 0.2) is 91.0 Å². The summed E-state index contributed by atoms with van der Waals surface area (Å²) in [6.45, 7) is 0. The molecule has 0 amide bonds. The lowest BCUT2D eigenvalue weighted by Crippen LogP contribution is -2.04. The number of rotatable bonds is 3. The predicted molar refractivity (Wildman–Crippen MR) is 114 cm³/mol. The monoisotopic (exact) mass is 417 g/mol. The lowest BCUT2D eigenvalue weighted by Gasteiger charge is -2.12. The minimum atomic E-state index is -4.37. The molecule has 0 fully saturated rings. The van der Waals surface area contributed by atoms with Crippen LogP contribution in [0.1, 0.15) is 22.8 Å². The topological polar surface area (TPSA) is 22.1 Å². The smallest absolute Gasteiger partial charge is 0.416 e. The van der Waals surface area contributed by atoms with Crippen LogP contribution in [0.4, 0.5) is 13.2 Å². The van der Waals surface area contributed by atoms with Crippen molar-refractivity contribution in [1.82, 2.24) is 4.98 Å². The molecule has 5 rings (SSSR count). The Morgan fingerprint density at radius 2 is 1.42 bits per heavy atom. The first-order valence-electron chi connectivity index (χ1n) is 9.97. The standard InChI is InChI=1S/C26H18F3NO/c27-26(28,29)20-13-11-17(12-14-20)21-15-23(18-7-3-1-4-8-18)30-25-22(21)16-24(31-25)19-9-5-2-6-10-19/h1-15,24H,16H2. The van der Waals surface area contributed by atoms with Gasteiger partial charge in [-0.3, -0.25) is 0 Å². The average molecular weight is 417 g/mol. The van der Waals surface area contributed by atoms with Crippen LogP contribution in [0.5, 0.6) is 5.88 Å². The zero-order valence-corrected chi connectivity index (χ0v) is 16.4. The van der Waals surface area contributed by atoms with E-state index < -0.39 is 11.7 Å². The fourth-order valence-corrected chi connectivity index (χ4v) is 3.91. The summed E-state index contributed by atoms with van der Waals surface area (Å²) in [7, 11) is 0. The SMILES string of the molecule is FC(F)(F)c1ccc(-c2cc(-c3ccccc3)nc3c2CC(c2ccccc2)O3)cc1. The van der Waals surface area contributed by atoms with E-state index in [0.29, 0.717) is 17.9 Å². The molecule has 2 nitrogen and oxygen atoms in total. The number of fused-ring (bicyclic) bond motifs is 1. The molecular formula is C26H18F3NO. The van der Waals surface area contributed by atoms with Crippen molar-refractivity contribution in [2.24, 2.45) is 0 Å². The van der Waals surface area contributed by atoms with E-state index in [-0.39, 0.29) is 6.10 Å². The summed E-state index contributed by atoms with van der Waals surface area (Å²) in [5.74, 6) is 0.533. The van der Waals surface area contributed by atoms with E-state index in [1.165, 1.54) is 12.1 Å². The zero-order valence-electron chi connectivity index (χ0n) is 16.4. The van der Waals surface area contributed by atoms with E-state index in [9.17, 15) is 13.2 Å². The molecule has 1 aliphatic rings. The first-order chi connectivity index (χ1) is 15.0. The Balaban J connectivity index is 1.61. The summed E-state index contributed by atoms with van der Waals surface area (Å²) in [6.07, 6.45) is -3.93. The van der Waals surface area contributed by atoms with Gasteiger partial charge in [0.25, 0.3) is 0 Å². The first-order valence-corrected chi connectivity index (χ1v) is 9.97. The molecule has 1 atom stereocenters. The van der Waals surface area contributed by atoms with Gasteiger partial charge in [0.05, 0.1) is 11.3 Å². The van der Waals surface area contributed by atoms with Gasteiger partial charge in [-0.1, -0.05) is 72.8 Å². The largest absolute Gasteiger partial charge is 0.469 e. The average Bonchev–Trinajstić information content (AvgIpc) is 3.23. The van der Waals surface area contributed by atoms with Crippen LogP contribution in [-0.2, 0) is 12.6 Å². The number of ether oxygens (including phenoxy) is 1. The molecule has 2 heterocycles. The van der Waals surface area contributed by atoms with E-state index in [0.717, 1.165) is 40.1 Å². The Bertz CT molecular complexity index is 1200. The maximum absolute atomic E-state index is 13.0. The number of aromatic nitrogens is 1. The van der Waals surface area contributed by atoms with Gasteiger partial charge in [-0.25, -0.2) is 4.98 Å². The molecule has 5 heteroatoms. The summed E-state index contributed by atoms with van der Waals surface area (Å²) in [5.41, 5.74) is 4.49. The molecule has 0 saturated carbocycles. The van der Waals surface area contributed by atoms with E-state index >= 15 is 0 Å². The van der Waals surface area contributed by atoms with Crippen LogP contribution in [0.25, 0.3) is 22.4 Å². The Morgan fingerprint density at radius 3 is 2.06 bits per heavy atom. The van der Waals surface area contributed by atoms with Crippen molar-refractivity contribution >= 4 is 0 Å². The molecule has 1 aromatic heterocycles. The maximum Gasteiger partial charge on any atom is 0.416 e. The van der Waals surface area contributed by atoms with Gasteiger partial charge in [-0.05, 0) is 34.9 Å². The summed E-state index contributed by atoms with van der Waals surface area (Å²) >= 11 is 0. The lowest BCUT2D eigenvalue weighted by atomic mass is 9.94. The third-order valence-corrected chi connectivity index (χ3v) is 5.49. The molecule has 154 valence electrons. The molecule has 1 unspecified atom stereocenters. The summed E-state index contributed by atoms with van der Waals surface area (Å²) in [5, 5.41) is 0. The van der Waals surface area contributed by atoms with Crippen molar-refractivity contribution in [1.29, 1.82) is 0 Å². The van der Waals surface area contributed by atoms with Gasteiger partial charge in [0.15, 0.2) is 0 Å². The number of benzene rings is 3. The lowest BCUT2D eigenvalue weighted by molar-refractivity contribution is -0.137. The van der Waals surface area contributed by atoms with Gasteiger partial charge in [-0.15, -0.1) is 0 Å². The third kappa shape index (κ3) is 3.79. The molecular weight excluding hydrogens is 399 g/mol. The fraction of sp³-hybridized carbons (Fsp3) is 0.115. The molecule has 0 saturated heterocycles. The molecule has 0 N–H and O–H groups in total. The molecule has 4 aromatic rings. The molecule has 3 aromatic carbocycles. The number of nitrogens with zero attached hydrogens (tertiary/aromatic N) is 1. The van der Waals surface area contributed by atoms with Crippen LogP contribution in [0.3, 0.4) is 0 Å². The minimum Gasteiger partial charge on any atom is -0.469 e. The van der Waals surface area contributed by atoms with E-state index in [1.54, 1.807) is 0 Å². The Morgan fingerprint density at radius 1 is 0.774 bits per heavy atom. The van der Waals surface area contributed by atoms with Gasteiger partial charge < -0.3 is 4.74 Å². The number of halogens is 3. The van der Waals surface area contributed by atoms with Crippen molar-refractivity contribution < 1.29 is 17.9 Å². The first kappa shape index (κ1) is 19.4. The fourth-order valence-electron chi connectivity index (χ4n) is 3.91. The highest BCUT2D eigenvalue weighted by atomic mass is 19.4. The molecule has 31 heavy (non-hydrogen) atoms. The van der Waals surface area contributed by atoms with Gasteiger partial charge >= 0.3 is 6.18 Å². The van der Waals surface area contributed by atoms with Gasteiger partial charge in [0.1, 0.15) is 6.10 Å². The van der Waals surface area contributed by atoms with Crippen molar-refractivity contribution in [3.63, 3.8) is 0 Å². The van der Waals surface area contributed by atoms with E-state index in [4.69, 9.17) is 9.72 Å². The Hall–Kier alpha value is -3.60. The highest BCUT2D eigenvalue weighted by Crippen LogP contribution is 2.43. The zero-order chi connectivity index (χ0) is 21.4. The van der Waals surface area contributed by atoms with Gasteiger partial charge in [0.2, 0.25) is 5.88 Å². The second kappa shape index (κ2) is 7.58. The van der Waals surface area contributed by atoms with E-state index in [1.807, 2.05) is 66.7 Å². The second-order valence-corrected chi connectivity index (χ2v) is 7.50. The maximum atomic E-state index is 13.0. The summed E-state index contributed by atoms with van der Waals surface area (Å²) in [6, 6.07) is 26.8. The molecule has 0 aliphatic carbocycles. The van der Waals surface area contributed by atoms with Crippen molar-refractivity contribution in [2.75, 3.05) is 0 Å². The molecule has 0 bridgehead atoms. The van der Waals surface area contributed by atoms with Crippen LogP contribution < -0.4 is 4.74 Å². The third-order valence-electron chi connectivity index (χ3n) is 5.49. The van der Waals surface area contributed by atoms with Crippen LogP contribution >= 0.6 is 0 Å². The van der Waals surface area contributed by atoms with E-state index in [2.05, 4.69) is 0 Å². The summed E-state index contributed by atoms with van der Waals surface area (Å²) in [4.78, 5) is 4.74. The van der Waals surface area contributed by atoms with Crippen LogP contribution in [0, 0.1) is 0 Å². The van der Waals surface area contributed by atoms with Crippen molar-refractivity contribution in [3.8, 4) is 28.3 Å². The normalized spacial score (nSPS) is 15.4. The minimum absolute atomic E-state index is 0.178. The van der Waals surface area contributed by atoms with Crippen LogP contribution in [-0.4, -0.2) is 4.98 Å². The quantitative estimate of drug-likeness (QED) is 0.354. The van der Waals surface area contributed by atoms with Crippen molar-refractivity contribution in [3.05, 3.63) is 108 Å². The van der Waals surface area contributed by atoms with Crippen molar-refractivity contribution in [2.45, 2.75) is 18.7 Å². The van der Waals surface area contributed by atoms with Gasteiger partial charge in [-0.2, -0.15) is 13.2 Å². The highest BCUT2D eigenvalue weighted by molar-refractivity contribution is 5.76. The summed E-state index contributed by atoms with van der Waals surface area (Å²) < 4.78 is 45.3. The molecule has 0 spiro atoms. The molecule has 1 aliphatic heterocycles. The van der Waals surface area contributed by atoms with Gasteiger partial charge in [0, 0.05) is 17.5 Å². The molecule has 0 radical (unpaired) electrons. The number of hydrogen-bond acceptors (Lipinski definition) is 2. The number of alkyl halides is 3. The van der Waals surface area contributed by atoms with Crippen LogP contribution in [0.2, 0.25) is 0 Å². The number of pyridine rings is 1. The highest BCUT2D eigenvalue weighted by Gasteiger charge is 2.32. The second-order valence-electron chi connectivity index (χ2n) is 7.50.